The Morgan fingerprint density at radius 1 is 0.652 bits per heavy atom. The predicted octanol–water partition coefficient (Wildman–Crippen LogP) is 5.05. The zero-order chi connectivity index (χ0) is 16.3. The van der Waals surface area contributed by atoms with Crippen molar-refractivity contribution in [1.82, 2.24) is 0 Å². The lowest BCUT2D eigenvalue weighted by Crippen LogP contribution is -1.97. The van der Waals surface area contributed by atoms with Crippen molar-refractivity contribution in [2.45, 2.75) is 51.4 Å². The monoisotopic (exact) mass is 310 g/mol. The largest absolute Gasteiger partial charge is 0.481 e. The quantitative estimate of drug-likeness (QED) is 0.624. The molecule has 0 aliphatic heterocycles. The molecule has 0 aliphatic rings. The summed E-state index contributed by atoms with van der Waals surface area (Å²) in [6, 6.07) is 19.1. The first-order valence-electron chi connectivity index (χ1n) is 8.57. The van der Waals surface area contributed by atoms with E-state index in [-0.39, 0.29) is 6.42 Å². The van der Waals surface area contributed by atoms with E-state index >= 15 is 0 Å². The van der Waals surface area contributed by atoms with Gasteiger partial charge in [0.15, 0.2) is 0 Å². The van der Waals surface area contributed by atoms with Crippen LogP contribution in [0, 0.1) is 0 Å². The third kappa shape index (κ3) is 7.14. The van der Waals surface area contributed by atoms with Crippen LogP contribution in [0.25, 0.3) is 0 Å². The Balaban J connectivity index is 1.58. The Morgan fingerprint density at radius 3 is 1.65 bits per heavy atom. The number of unbranched alkanes of at least 4 members (excludes halogenated alkanes) is 3. The fourth-order valence-corrected chi connectivity index (χ4v) is 2.78. The van der Waals surface area contributed by atoms with E-state index in [2.05, 4.69) is 54.6 Å². The van der Waals surface area contributed by atoms with Gasteiger partial charge in [0, 0.05) is 6.42 Å². The highest BCUT2D eigenvalue weighted by Gasteiger charge is 2.00. The summed E-state index contributed by atoms with van der Waals surface area (Å²) < 4.78 is 0. The number of hydrogen-bond donors (Lipinski definition) is 1. The number of benzene rings is 2. The van der Waals surface area contributed by atoms with Gasteiger partial charge in [0.2, 0.25) is 0 Å². The second kappa shape index (κ2) is 9.83. The topological polar surface area (TPSA) is 37.3 Å². The van der Waals surface area contributed by atoms with Crippen molar-refractivity contribution in [2.75, 3.05) is 0 Å². The van der Waals surface area contributed by atoms with Gasteiger partial charge < -0.3 is 5.11 Å². The van der Waals surface area contributed by atoms with E-state index in [4.69, 9.17) is 5.11 Å². The molecule has 0 bridgehead atoms. The smallest absolute Gasteiger partial charge is 0.303 e. The number of carboxylic acid groups (broad SMARTS) is 1. The van der Waals surface area contributed by atoms with Crippen LogP contribution in [0.1, 0.15) is 48.8 Å². The van der Waals surface area contributed by atoms with Crippen LogP contribution in [0.5, 0.6) is 0 Å². The number of aliphatic carboxylic acids is 1. The maximum Gasteiger partial charge on any atom is 0.303 e. The Morgan fingerprint density at radius 2 is 1.13 bits per heavy atom. The van der Waals surface area contributed by atoms with E-state index in [1.165, 1.54) is 43.2 Å². The van der Waals surface area contributed by atoms with Gasteiger partial charge in [-0.2, -0.15) is 0 Å². The summed E-state index contributed by atoms with van der Waals surface area (Å²) in [6.07, 6.45) is 8.17. The number of carbonyl (C=O) groups is 1. The maximum atomic E-state index is 10.6. The number of aryl methyl sites for hydroxylation is 3. The molecule has 1 N–H and O–H groups in total. The Labute approximate surface area is 139 Å². The van der Waals surface area contributed by atoms with E-state index in [9.17, 15) is 4.79 Å². The molecule has 23 heavy (non-hydrogen) atoms. The van der Waals surface area contributed by atoms with Gasteiger partial charge in [0.05, 0.1) is 0 Å². The predicted molar refractivity (Wildman–Crippen MR) is 94.7 cm³/mol. The van der Waals surface area contributed by atoms with Crippen LogP contribution < -0.4 is 0 Å². The van der Waals surface area contributed by atoms with Crippen molar-refractivity contribution >= 4 is 5.97 Å². The standard InChI is InChI=1S/C21H26O2/c22-21(23)17-16-20-14-12-19(13-15-20)11-5-2-1-4-8-18-9-6-3-7-10-18/h3,6-7,9-10,12-15H,1-2,4-5,8,11,16-17H2,(H,22,23). The minimum Gasteiger partial charge on any atom is -0.481 e. The van der Waals surface area contributed by atoms with Crippen LogP contribution in [0.15, 0.2) is 54.6 Å². The molecule has 0 saturated carbocycles. The molecule has 0 spiro atoms. The summed E-state index contributed by atoms with van der Waals surface area (Å²) in [5, 5.41) is 8.69. The summed E-state index contributed by atoms with van der Waals surface area (Å²) in [4.78, 5) is 10.6. The molecule has 0 radical (unpaired) electrons. The molecule has 0 fully saturated rings. The van der Waals surface area contributed by atoms with Crippen LogP contribution >= 0.6 is 0 Å². The SMILES string of the molecule is O=C(O)CCc1ccc(CCCCCCc2ccccc2)cc1. The molecule has 2 heteroatoms. The molecule has 0 amide bonds. The zero-order valence-corrected chi connectivity index (χ0v) is 13.7. The summed E-state index contributed by atoms with van der Waals surface area (Å²) in [7, 11) is 0. The molecular formula is C21H26O2. The molecule has 2 nitrogen and oxygen atoms in total. The molecule has 0 aliphatic carbocycles. The zero-order valence-electron chi connectivity index (χ0n) is 13.7. The van der Waals surface area contributed by atoms with Gasteiger partial charge in [-0.1, -0.05) is 67.4 Å². The van der Waals surface area contributed by atoms with E-state index < -0.39 is 5.97 Å². The Hall–Kier alpha value is -2.09. The lowest BCUT2D eigenvalue weighted by atomic mass is 10.0. The Kier molecular flexibility index (Phi) is 7.38. The highest BCUT2D eigenvalue weighted by molar-refractivity contribution is 5.67. The van der Waals surface area contributed by atoms with Crippen molar-refractivity contribution in [3.05, 3.63) is 71.3 Å². The molecule has 2 aromatic carbocycles. The van der Waals surface area contributed by atoms with E-state index in [0.717, 1.165) is 12.0 Å². The molecule has 0 saturated heterocycles. The van der Waals surface area contributed by atoms with E-state index in [1.807, 2.05) is 0 Å². The number of rotatable bonds is 10. The van der Waals surface area contributed by atoms with Crippen molar-refractivity contribution in [3.8, 4) is 0 Å². The van der Waals surface area contributed by atoms with Gasteiger partial charge in [0.25, 0.3) is 0 Å². The van der Waals surface area contributed by atoms with Crippen LogP contribution in [-0.2, 0) is 24.1 Å². The highest BCUT2D eigenvalue weighted by Crippen LogP contribution is 2.12. The molecule has 122 valence electrons. The molecule has 0 aromatic heterocycles. The maximum absolute atomic E-state index is 10.6. The first-order chi connectivity index (χ1) is 11.2. The van der Waals surface area contributed by atoms with Gasteiger partial charge in [-0.3, -0.25) is 4.79 Å². The van der Waals surface area contributed by atoms with Crippen molar-refractivity contribution < 1.29 is 9.90 Å². The van der Waals surface area contributed by atoms with Crippen molar-refractivity contribution in [3.63, 3.8) is 0 Å². The second-order valence-electron chi connectivity index (χ2n) is 6.11. The third-order valence-corrected chi connectivity index (χ3v) is 4.17. The molecule has 2 rings (SSSR count). The fourth-order valence-electron chi connectivity index (χ4n) is 2.78. The van der Waals surface area contributed by atoms with Crippen LogP contribution in [0.2, 0.25) is 0 Å². The fraction of sp³-hybridized carbons (Fsp3) is 0.381. The highest BCUT2D eigenvalue weighted by atomic mass is 16.4. The molecule has 2 aromatic rings. The normalized spacial score (nSPS) is 10.6. The van der Waals surface area contributed by atoms with Crippen LogP contribution in [0.3, 0.4) is 0 Å². The molecular weight excluding hydrogens is 284 g/mol. The van der Waals surface area contributed by atoms with Gasteiger partial charge in [-0.25, -0.2) is 0 Å². The second-order valence-corrected chi connectivity index (χ2v) is 6.11. The minimum absolute atomic E-state index is 0.209. The lowest BCUT2D eigenvalue weighted by Gasteiger charge is -2.04. The van der Waals surface area contributed by atoms with Gasteiger partial charge in [0.1, 0.15) is 0 Å². The average molecular weight is 310 g/mol. The summed E-state index contributed by atoms with van der Waals surface area (Å²) in [6.45, 7) is 0. The van der Waals surface area contributed by atoms with Crippen LogP contribution in [-0.4, -0.2) is 11.1 Å². The third-order valence-electron chi connectivity index (χ3n) is 4.17. The van der Waals surface area contributed by atoms with Crippen LogP contribution in [0.4, 0.5) is 0 Å². The summed E-state index contributed by atoms with van der Waals surface area (Å²) >= 11 is 0. The summed E-state index contributed by atoms with van der Waals surface area (Å²) in [5.74, 6) is -0.732. The average Bonchev–Trinajstić information content (AvgIpc) is 2.58. The minimum atomic E-state index is -0.732. The van der Waals surface area contributed by atoms with Crippen molar-refractivity contribution in [2.24, 2.45) is 0 Å². The summed E-state index contributed by atoms with van der Waals surface area (Å²) in [5.41, 5.74) is 3.90. The van der Waals surface area contributed by atoms with E-state index in [0.29, 0.717) is 6.42 Å². The van der Waals surface area contributed by atoms with Crippen molar-refractivity contribution in [1.29, 1.82) is 0 Å². The lowest BCUT2D eigenvalue weighted by molar-refractivity contribution is -0.136. The Bertz CT molecular complexity index is 573. The van der Waals surface area contributed by atoms with E-state index in [1.54, 1.807) is 0 Å². The molecule has 0 heterocycles. The molecule has 0 atom stereocenters. The number of hydrogen-bond acceptors (Lipinski definition) is 1. The number of carboxylic acids is 1. The van der Waals surface area contributed by atoms with Gasteiger partial charge in [-0.15, -0.1) is 0 Å². The van der Waals surface area contributed by atoms with Gasteiger partial charge in [-0.05, 0) is 48.8 Å². The first kappa shape index (κ1) is 17.3. The molecule has 0 unspecified atom stereocenters. The van der Waals surface area contributed by atoms with Gasteiger partial charge >= 0.3 is 5.97 Å². The first-order valence-corrected chi connectivity index (χ1v) is 8.57.